The topological polar surface area (TPSA) is 96.0 Å². The number of hydrogen-bond acceptors (Lipinski definition) is 5. The summed E-state index contributed by atoms with van der Waals surface area (Å²) in [5.74, 6) is 1.88. The Balaban J connectivity index is 1.46. The van der Waals surface area contributed by atoms with Crippen molar-refractivity contribution in [2.75, 3.05) is 0 Å². The summed E-state index contributed by atoms with van der Waals surface area (Å²) in [6.45, 7) is 27.0. The van der Waals surface area contributed by atoms with Gasteiger partial charge in [0.15, 0.2) is 17.5 Å². The van der Waals surface area contributed by atoms with Crippen molar-refractivity contribution in [2.45, 2.75) is 105 Å². The first-order chi connectivity index (χ1) is 29.2. The summed E-state index contributed by atoms with van der Waals surface area (Å²) in [5.41, 5.74) is 14.5. The second-order valence-electron chi connectivity index (χ2n) is 21.3. The molecule has 3 aromatic heterocycles. The third-order valence-electron chi connectivity index (χ3n) is 12.7. The lowest BCUT2D eigenvalue weighted by Gasteiger charge is -2.20. The molecule has 8 bridgehead atoms. The van der Waals surface area contributed by atoms with Gasteiger partial charge >= 0.3 is 0 Å². The Morgan fingerprint density at radius 2 is 0.790 bits per heavy atom. The van der Waals surface area contributed by atoms with Gasteiger partial charge in [-0.3, -0.25) is 0 Å². The van der Waals surface area contributed by atoms with Crippen LogP contribution in [0.25, 0.3) is 101 Å². The summed E-state index contributed by atoms with van der Waals surface area (Å²) < 4.78 is 0. The first-order valence-corrected chi connectivity index (χ1v) is 21.8. The minimum absolute atomic E-state index is 0.0784. The fourth-order valence-corrected chi connectivity index (χ4v) is 8.81. The molecule has 5 aromatic carbocycles. The van der Waals surface area contributed by atoms with Gasteiger partial charge in [-0.2, -0.15) is 0 Å². The second-order valence-corrected chi connectivity index (χ2v) is 21.3. The van der Waals surface area contributed by atoms with E-state index in [1.54, 1.807) is 0 Å². The molecule has 0 spiro atoms. The Bertz CT molecular complexity index is 3320. The Labute approximate surface area is 364 Å². The minimum Gasteiger partial charge on any atom is -0.339 e. The van der Waals surface area contributed by atoms with E-state index in [4.69, 9.17) is 24.9 Å². The lowest BCUT2D eigenvalue weighted by Crippen LogP contribution is -2.10. The first-order valence-electron chi connectivity index (χ1n) is 21.8. The van der Waals surface area contributed by atoms with Crippen molar-refractivity contribution in [2.24, 2.45) is 0 Å². The summed E-state index contributed by atoms with van der Waals surface area (Å²) in [7, 11) is 0. The van der Waals surface area contributed by atoms with Crippen LogP contribution in [0.1, 0.15) is 105 Å². The van der Waals surface area contributed by atoms with Crippen molar-refractivity contribution in [3.05, 3.63) is 125 Å². The SMILES string of the molecule is CC(C)(C)c1ccc2c(c1)-c1nc-2nc2[nH]c(c(-c3ccccc3)c3nc(nc4[nH]c(n1)c1ccc(C(C)(C)C)cc41)-c1ccc(C(C)(C)C)cc1-3)c1ccc(C(C)(C)C)cc21. The molecule has 2 aliphatic heterocycles. The monoisotopic (exact) mass is 813 g/mol. The highest BCUT2D eigenvalue weighted by atomic mass is 15.0. The van der Waals surface area contributed by atoms with Crippen LogP contribution in [0.4, 0.5) is 0 Å². The molecule has 10 rings (SSSR count). The molecule has 0 fully saturated rings. The van der Waals surface area contributed by atoms with E-state index in [2.05, 4.69) is 196 Å². The lowest BCUT2D eigenvalue weighted by molar-refractivity contribution is 0.590. The number of fused-ring (bicyclic) bond motifs is 20. The van der Waals surface area contributed by atoms with Crippen molar-refractivity contribution in [1.82, 2.24) is 34.9 Å². The van der Waals surface area contributed by atoms with Crippen molar-refractivity contribution < 1.29 is 0 Å². The number of aromatic amines is 2. The third-order valence-corrected chi connectivity index (χ3v) is 12.7. The molecule has 62 heavy (non-hydrogen) atoms. The van der Waals surface area contributed by atoms with Crippen LogP contribution in [0.2, 0.25) is 0 Å². The normalized spacial score (nSPS) is 13.2. The van der Waals surface area contributed by atoms with Crippen LogP contribution in [-0.2, 0) is 21.7 Å². The van der Waals surface area contributed by atoms with Crippen LogP contribution in [-0.4, -0.2) is 34.9 Å². The maximum Gasteiger partial charge on any atom is 0.164 e. The van der Waals surface area contributed by atoms with E-state index in [1.165, 1.54) is 22.3 Å². The average molecular weight is 814 g/mol. The number of nitrogens with zero attached hydrogens (tertiary/aromatic N) is 5. The zero-order valence-corrected chi connectivity index (χ0v) is 38.1. The zero-order chi connectivity index (χ0) is 43.7. The molecule has 7 nitrogen and oxygen atoms in total. The van der Waals surface area contributed by atoms with Crippen LogP contribution in [0.5, 0.6) is 0 Å². The molecular weight excluding hydrogens is 759 g/mol. The van der Waals surface area contributed by atoms with Gasteiger partial charge in [0.1, 0.15) is 16.9 Å². The smallest absolute Gasteiger partial charge is 0.164 e. The van der Waals surface area contributed by atoms with E-state index in [0.29, 0.717) is 28.8 Å². The summed E-state index contributed by atoms with van der Waals surface area (Å²) in [6.07, 6.45) is 0. The highest BCUT2D eigenvalue weighted by Crippen LogP contribution is 2.46. The number of aromatic nitrogens is 7. The standard InChI is InChI=1S/C55H55N7/c1-52(2,3)31-19-23-36-39(26-31)45-43(30-16-14-13-15-17-30)44-35-22-18-32(53(4,5)6)27-40(35)49(56-44)59-47-37-24-20-34(55(10,11)12)29-42(37)51(60-47)62-48-38-25-21-33(54(7,8)9)28-41(38)50(61-48)58-46(36)57-45/h13-29H,1-12H3,(H2,56,57,58,59,60,61,62). The fourth-order valence-electron chi connectivity index (χ4n) is 8.81. The predicted octanol–water partition coefficient (Wildman–Crippen LogP) is 14.3. The van der Waals surface area contributed by atoms with Gasteiger partial charge in [-0.25, -0.2) is 24.9 Å². The molecule has 0 saturated heterocycles. The van der Waals surface area contributed by atoms with Gasteiger partial charge in [0.2, 0.25) is 0 Å². The van der Waals surface area contributed by atoms with Gasteiger partial charge in [-0.15, -0.1) is 0 Å². The van der Waals surface area contributed by atoms with E-state index < -0.39 is 0 Å². The van der Waals surface area contributed by atoms with Crippen molar-refractivity contribution >= 4 is 44.0 Å². The van der Waals surface area contributed by atoms with Gasteiger partial charge < -0.3 is 9.97 Å². The zero-order valence-electron chi connectivity index (χ0n) is 38.1. The summed E-state index contributed by atoms with van der Waals surface area (Å²) in [4.78, 5) is 34.8. The Kier molecular flexibility index (Phi) is 8.64. The maximum atomic E-state index is 5.58. The van der Waals surface area contributed by atoms with Crippen LogP contribution in [0.3, 0.4) is 0 Å². The molecule has 8 aromatic rings. The van der Waals surface area contributed by atoms with Crippen molar-refractivity contribution in [1.29, 1.82) is 0 Å². The molecule has 0 unspecified atom stereocenters. The van der Waals surface area contributed by atoms with E-state index in [1.807, 2.05) is 0 Å². The number of H-pyrrole nitrogens is 2. The van der Waals surface area contributed by atoms with E-state index in [9.17, 15) is 0 Å². The minimum atomic E-state index is -0.0895. The first kappa shape index (κ1) is 39.7. The van der Waals surface area contributed by atoms with Crippen molar-refractivity contribution in [3.8, 4) is 56.5 Å². The summed E-state index contributed by atoms with van der Waals surface area (Å²) in [6, 6.07) is 37.4. The van der Waals surface area contributed by atoms with Gasteiger partial charge in [0.05, 0.1) is 11.2 Å². The second kappa shape index (κ2) is 13.5. The van der Waals surface area contributed by atoms with E-state index >= 15 is 0 Å². The molecule has 5 heterocycles. The molecule has 310 valence electrons. The molecule has 2 aliphatic rings. The molecule has 7 heteroatoms. The van der Waals surface area contributed by atoms with Crippen LogP contribution in [0, 0.1) is 0 Å². The van der Waals surface area contributed by atoms with Crippen LogP contribution < -0.4 is 0 Å². The number of rotatable bonds is 1. The predicted molar refractivity (Wildman–Crippen MR) is 258 cm³/mol. The van der Waals surface area contributed by atoms with Gasteiger partial charge in [-0.1, -0.05) is 162 Å². The van der Waals surface area contributed by atoms with Crippen molar-refractivity contribution in [3.63, 3.8) is 0 Å². The Hall–Kier alpha value is -6.47. The van der Waals surface area contributed by atoms with E-state index in [-0.39, 0.29) is 21.7 Å². The largest absolute Gasteiger partial charge is 0.339 e. The molecule has 0 atom stereocenters. The van der Waals surface area contributed by atoms with Crippen LogP contribution in [0.15, 0.2) is 103 Å². The molecule has 0 aliphatic carbocycles. The molecule has 2 N–H and O–H groups in total. The fraction of sp³-hybridized carbons (Fsp3) is 0.291. The summed E-state index contributed by atoms with van der Waals surface area (Å²) >= 11 is 0. The van der Waals surface area contributed by atoms with Gasteiger partial charge in [0.25, 0.3) is 0 Å². The average Bonchev–Trinajstić information content (AvgIpc) is 3.95. The van der Waals surface area contributed by atoms with Gasteiger partial charge in [-0.05, 0) is 73.7 Å². The van der Waals surface area contributed by atoms with Crippen LogP contribution >= 0.6 is 0 Å². The Morgan fingerprint density at radius 3 is 1.37 bits per heavy atom. The molecule has 0 amide bonds. The number of nitrogens with one attached hydrogen (secondary N) is 2. The highest BCUT2D eigenvalue weighted by Gasteiger charge is 2.29. The number of hydrogen-bond donors (Lipinski definition) is 2. The quantitative estimate of drug-likeness (QED) is 0.172. The summed E-state index contributed by atoms with van der Waals surface area (Å²) in [5, 5.41) is 4.05. The van der Waals surface area contributed by atoms with E-state index in [0.717, 1.165) is 71.8 Å². The molecular formula is C55H55N7. The number of benzene rings is 5. The Morgan fingerprint density at radius 1 is 0.355 bits per heavy atom. The lowest BCUT2D eigenvalue weighted by atomic mass is 9.84. The van der Waals surface area contributed by atoms with Gasteiger partial charge in [0, 0.05) is 49.4 Å². The molecule has 0 saturated carbocycles. The third kappa shape index (κ3) is 6.61. The molecule has 0 radical (unpaired) electrons. The maximum absolute atomic E-state index is 5.58. The highest BCUT2D eigenvalue weighted by molar-refractivity contribution is 6.14.